The van der Waals surface area contributed by atoms with Gasteiger partial charge < -0.3 is 15.4 Å². The third-order valence-corrected chi connectivity index (χ3v) is 3.89. The molecular weight excluding hydrogens is 364 g/mol. The summed E-state index contributed by atoms with van der Waals surface area (Å²) in [5.74, 6) is -0.0565. The fourth-order valence-corrected chi connectivity index (χ4v) is 2.62. The van der Waals surface area contributed by atoms with Crippen molar-refractivity contribution in [3.8, 4) is 5.75 Å². The number of benzene rings is 2. The summed E-state index contributed by atoms with van der Waals surface area (Å²) < 4.78 is 5.76. The van der Waals surface area contributed by atoms with Gasteiger partial charge in [-0.1, -0.05) is 36.7 Å². The van der Waals surface area contributed by atoms with Gasteiger partial charge in [-0.15, -0.1) is 0 Å². The molecule has 0 fully saturated rings. The van der Waals surface area contributed by atoms with Gasteiger partial charge in [0, 0.05) is 10.6 Å². The second kappa shape index (κ2) is 8.91. The van der Waals surface area contributed by atoms with Crippen LogP contribution in [0.4, 0.5) is 5.69 Å². The topological polar surface area (TPSA) is 67.4 Å². The summed E-state index contributed by atoms with van der Waals surface area (Å²) in [6, 6.07) is 13.8. The quantitative estimate of drug-likeness (QED) is 0.755. The van der Waals surface area contributed by atoms with Crippen LogP contribution in [-0.2, 0) is 4.79 Å². The molecule has 6 heteroatoms. The monoisotopic (exact) mass is 388 g/mol. The van der Waals surface area contributed by atoms with Crippen LogP contribution in [0.2, 0.25) is 5.02 Å². The van der Waals surface area contributed by atoms with Crippen molar-refractivity contribution in [1.29, 1.82) is 0 Å². The summed E-state index contributed by atoms with van der Waals surface area (Å²) in [4.78, 5) is 25.2. The van der Waals surface area contributed by atoms with Crippen molar-refractivity contribution >= 4 is 29.1 Å². The Bertz CT molecular complexity index is 815. The zero-order valence-electron chi connectivity index (χ0n) is 16.0. The molecule has 2 aromatic rings. The number of para-hydroxylation sites is 1. The van der Waals surface area contributed by atoms with Crippen molar-refractivity contribution in [3.05, 3.63) is 59.1 Å². The number of carbonyl (C=O) groups is 2. The first-order valence-electron chi connectivity index (χ1n) is 8.84. The van der Waals surface area contributed by atoms with E-state index >= 15 is 0 Å². The van der Waals surface area contributed by atoms with Gasteiger partial charge >= 0.3 is 0 Å². The summed E-state index contributed by atoms with van der Waals surface area (Å²) in [6.45, 7) is 7.56. The van der Waals surface area contributed by atoms with Crippen molar-refractivity contribution in [2.45, 2.75) is 45.8 Å². The molecule has 0 saturated heterocycles. The Kier molecular flexibility index (Phi) is 6.86. The molecule has 0 aliphatic heterocycles. The minimum atomic E-state index is -0.706. The number of ether oxygens (including phenoxy) is 1. The van der Waals surface area contributed by atoms with Crippen molar-refractivity contribution in [2.75, 3.05) is 5.32 Å². The Hall–Kier alpha value is -2.53. The second-order valence-corrected chi connectivity index (χ2v) is 7.65. The summed E-state index contributed by atoms with van der Waals surface area (Å²) in [5, 5.41) is 6.24. The van der Waals surface area contributed by atoms with Gasteiger partial charge in [-0.05, 0) is 57.5 Å². The lowest BCUT2D eigenvalue weighted by Gasteiger charge is -2.22. The van der Waals surface area contributed by atoms with Crippen molar-refractivity contribution in [1.82, 2.24) is 5.32 Å². The highest BCUT2D eigenvalue weighted by Gasteiger charge is 2.22. The lowest BCUT2D eigenvalue weighted by atomic mass is 10.1. The van der Waals surface area contributed by atoms with Gasteiger partial charge in [-0.2, -0.15) is 0 Å². The number of halogens is 1. The average molecular weight is 389 g/mol. The van der Waals surface area contributed by atoms with E-state index in [0.29, 0.717) is 28.4 Å². The molecule has 0 radical (unpaired) electrons. The standard InChI is InChI=1S/C21H25ClN2O3/c1-5-18(27-15-10-8-9-14(22)13-15)20(26)23-17-12-7-6-11-16(17)19(25)24-21(2,3)4/h6-13,18H,5H2,1-4H3,(H,23,26)(H,24,25)/t18-/m0/s1. The maximum atomic E-state index is 12.7. The van der Waals surface area contributed by atoms with Gasteiger partial charge in [0.05, 0.1) is 11.3 Å². The van der Waals surface area contributed by atoms with Crippen LogP contribution >= 0.6 is 11.6 Å². The van der Waals surface area contributed by atoms with E-state index < -0.39 is 6.10 Å². The molecule has 2 rings (SSSR count). The molecular formula is C21H25ClN2O3. The molecule has 2 N–H and O–H groups in total. The molecule has 5 nitrogen and oxygen atoms in total. The summed E-state index contributed by atoms with van der Waals surface area (Å²) >= 11 is 5.96. The number of hydrogen-bond donors (Lipinski definition) is 2. The largest absolute Gasteiger partial charge is 0.481 e. The predicted octanol–water partition coefficient (Wildman–Crippen LogP) is 4.66. The molecule has 0 bridgehead atoms. The summed E-state index contributed by atoms with van der Waals surface area (Å²) in [6.07, 6.45) is -0.239. The number of anilines is 1. The Morgan fingerprint density at radius 2 is 1.81 bits per heavy atom. The van der Waals surface area contributed by atoms with Crippen LogP contribution in [0.3, 0.4) is 0 Å². The van der Waals surface area contributed by atoms with Crippen LogP contribution in [0.5, 0.6) is 5.75 Å². The lowest BCUT2D eigenvalue weighted by Crippen LogP contribution is -2.41. The van der Waals surface area contributed by atoms with E-state index in [0.717, 1.165) is 0 Å². The molecule has 0 aliphatic carbocycles. The normalized spacial score (nSPS) is 12.2. The van der Waals surface area contributed by atoms with Gasteiger partial charge in [-0.3, -0.25) is 9.59 Å². The highest BCUT2D eigenvalue weighted by molar-refractivity contribution is 6.30. The molecule has 0 aromatic heterocycles. The number of rotatable bonds is 6. The third-order valence-electron chi connectivity index (χ3n) is 3.66. The zero-order valence-corrected chi connectivity index (χ0v) is 16.8. The maximum absolute atomic E-state index is 12.7. The minimum absolute atomic E-state index is 0.248. The summed E-state index contributed by atoms with van der Waals surface area (Å²) in [7, 11) is 0. The van der Waals surface area contributed by atoms with Gasteiger partial charge in [0.15, 0.2) is 6.10 Å². The molecule has 0 saturated carbocycles. The SMILES string of the molecule is CC[C@H](Oc1cccc(Cl)c1)C(=O)Nc1ccccc1C(=O)NC(C)(C)C. The Labute approximate surface area is 165 Å². The van der Waals surface area contributed by atoms with Crippen molar-refractivity contribution < 1.29 is 14.3 Å². The maximum Gasteiger partial charge on any atom is 0.265 e. The van der Waals surface area contributed by atoms with E-state index in [4.69, 9.17) is 16.3 Å². The average Bonchev–Trinajstić information content (AvgIpc) is 2.58. The molecule has 0 aliphatic rings. The highest BCUT2D eigenvalue weighted by Crippen LogP contribution is 2.21. The molecule has 0 unspecified atom stereocenters. The fourth-order valence-electron chi connectivity index (χ4n) is 2.44. The van der Waals surface area contributed by atoms with Crippen molar-refractivity contribution in [3.63, 3.8) is 0 Å². The second-order valence-electron chi connectivity index (χ2n) is 7.21. The van der Waals surface area contributed by atoms with Crippen LogP contribution in [-0.4, -0.2) is 23.5 Å². The first kappa shape index (κ1) is 20.8. The van der Waals surface area contributed by atoms with Gasteiger partial charge in [-0.25, -0.2) is 0 Å². The number of amides is 2. The van der Waals surface area contributed by atoms with Crippen LogP contribution in [0, 0.1) is 0 Å². The van der Waals surface area contributed by atoms with Crippen LogP contribution in [0.25, 0.3) is 0 Å². The highest BCUT2D eigenvalue weighted by atomic mass is 35.5. The number of carbonyl (C=O) groups excluding carboxylic acids is 2. The lowest BCUT2D eigenvalue weighted by molar-refractivity contribution is -0.122. The molecule has 0 heterocycles. The van der Waals surface area contributed by atoms with Crippen molar-refractivity contribution in [2.24, 2.45) is 0 Å². The van der Waals surface area contributed by atoms with E-state index in [1.54, 1.807) is 48.5 Å². The Morgan fingerprint density at radius 1 is 1.11 bits per heavy atom. The zero-order chi connectivity index (χ0) is 20.0. The van der Waals surface area contributed by atoms with E-state index in [1.807, 2.05) is 27.7 Å². The van der Waals surface area contributed by atoms with Crippen LogP contribution in [0.1, 0.15) is 44.5 Å². The van der Waals surface area contributed by atoms with E-state index in [1.165, 1.54) is 0 Å². The molecule has 27 heavy (non-hydrogen) atoms. The molecule has 144 valence electrons. The van der Waals surface area contributed by atoms with Crippen LogP contribution in [0.15, 0.2) is 48.5 Å². The fraction of sp³-hybridized carbons (Fsp3) is 0.333. The third kappa shape index (κ3) is 6.29. The van der Waals surface area contributed by atoms with E-state index in [-0.39, 0.29) is 17.4 Å². The molecule has 2 amide bonds. The Morgan fingerprint density at radius 3 is 2.44 bits per heavy atom. The minimum Gasteiger partial charge on any atom is -0.481 e. The van der Waals surface area contributed by atoms with Crippen LogP contribution < -0.4 is 15.4 Å². The molecule has 2 aromatic carbocycles. The van der Waals surface area contributed by atoms with E-state index in [2.05, 4.69) is 10.6 Å². The van der Waals surface area contributed by atoms with Gasteiger partial charge in [0.2, 0.25) is 0 Å². The van der Waals surface area contributed by atoms with E-state index in [9.17, 15) is 9.59 Å². The predicted molar refractivity (Wildman–Crippen MR) is 108 cm³/mol. The number of hydrogen-bond acceptors (Lipinski definition) is 3. The molecule has 0 spiro atoms. The smallest absolute Gasteiger partial charge is 0.265 e. The van der Waals surface area contributed by atoms with Gasteiger partial charge in [0.25, 0.3) is 11.8 Å². The first-order valence-corrected chi connectivity index (χ1v) is 9.22. The molecule has 1 atom stereocenters. The summed E-state index contributed by atoms with van der Waals surface area (Å²) in [5.41, 5.74) is 0.464. The van der Waals surface area contributed by atoms with Gasteiger partial charge in [0.1, 0.15) is 5.75 Å². The Balaban J connectivity index is 2.15. The first-order chi connectivity index (χ1) is 12.7. The number of nitrogens with one attached hydrogen (secondary N) is 2.